The van der Waals surface area contributed by atoms with Crippen LogP contribution in [0.1, 0.15) is 0 Å². The normalized spacial score (nSPS) is 9.00. The highest BCUT2D eigenvalue weighted by Crippen LogP contribution is 1.55. The zero-order chi connectivity index (χ0) is 3.41. The summed E-state index contributed by atoms with van der Waals surface area (Å²) in [5, 5.41) is 0. The van der Waals surface area contributed by atoms with Crippen LogP contribution in [0.2, 0.25) is 0 Å². The Hall–Kier alpha value is -0.520. The molecule has 0 heterocycles. The first kappa shape index (κ1) is 3.48. The predicted octanol–water partition coefficient (Wildman–Crippen LogP) is 1.21. The number of hydrogen-bond acceptors (Lipinski definition) is 0. The molecule has 0 saturated heterocycles. The second kappa shape index (κ2) is 2.48. The molecule has 0 aliphatic rings. The Balaban J connectivity index is 2.55. The van der Waals surface area contributed by atoms with Crippen molar-refractivity contribution < 1.29 is 0 Å². The van der Waals surface area contributed by atoms with E-state index in [0.717, 1.165) is 0 Å². The molecular formula is C4H6-2. The molecule has 0 heteroatoms. The lowest BCUT2D eigenvalue weighted by atomic mass is 10.6. The average molecular weight is 54.1 g/mol. The molecular weight excluding hydrogens is 48.0 g/mol. The predicted molar refractivity (Wildman–Crippen MR) is 19.9 cm³/mol. The molecule has 4 heavy (non-hydrogen) atoms. The third-order valence-electron chi connectivity index (χ3n) is 0.167. The van der Waals surface area contributed by atoms with Gasteiger partial charge in [-0.1, -0.05) is 0 Å². The minimum absolute atomic E-state index is 1.64. The van der Waals surface area contributed by atoms with Crippen molar-refractivity contribution in [3.05, 3.63) is 26.0 Å². The third kappa shape index (κ3) is 1.48. The van der Waals surface area contributed by atoms with Crippen molar-refractivity contribution >= 4 is 0 Å². The molecule has 0 atom stereocenters. The Labute approximate surface area is 27.1 Å². The lowest BCUT2D eigenvalue weighted by molar-refractivity contribution is 2.00. The van der Waals surface area contributed by atoms with Crippen LogP contribution in [0.4, 0.5) is 0 Å². The van der Waals surface area contributed by atoms with Gasteiger partial charge in [-0.05, 0) is 0 Å². The molecule has 0 saturated carbocycles. The van der Waals surface area contributed by atoms with Gasteiger partial charge in [-0.2, -0.15) is 0 Å². The van der Waals surface area contributed by atoms with E-state index in [-0.39, 0.29) is 0 Å². The van der Waals surface area contributed by atoms with E-state index in [1.54, 1.807) is 12.2 Å². The monoisotopic (exact) mass is 54.0 g/mol. The van der Waals surface area contributed by atoms with Crippen molar-refractivity contribution in [1.82, 2.24) is 0 Å². The fourth-order valence-electron chi connectivity index (χ4n) is 0. The maximum absolute atomic E-state index is 3.36. The summed E-state index contributed by atoms with van der Waals surface area (Å²) in [6.07, 6.45) is 3.28. The summed E-state index contributed by atoms with van der Waals surface area (Å²) >= 11 is 0. The maximum Gasteiger partial charge on any atom is -0.328 e. The van der Waals surface area contributed by atoms with Gasteiger partial charge in [0.1, 0.15) is 0 Å². The highest BCUT2D eigenvalue weighted by molar-refractivity contribution is 4.85. The number of rotatable bonds is 0. The molecule has 0 bridgehead atoms. The van der Waals surface area contributed by atoms with Gasteiger partial charge in [0.05, 0.1) is 0 Å². The molecule has 0 unspecified atom stereocenters. The van der Waals surface area contributed by atoms with Gasteiger partial charge >= 0.3 is 0 Å². The van der Waals surface area contributed by atoms with Crippen LogP contribution in [0.25, 0.3) is 0 Å². The Kier molecular flexibility index (Phi) is 2.16. The van der Waals surface area contributed by atoms with Crippen molar-refractivity contribution in [3.8, 4) is 0 Å². The SMILES string of the molecule is [CH2-]C=C[CH2-]. The van der Waals surface area contributed by atoms with E-state index in [4.69, 9.17) is 0 Å². The number of hydrogen-bond donors (Lipinski definition) is 0. The summed E-state index contributed by atoms with van der Waals surface area (Å²) in [4.78, 5) is 0. The molecule has 0 aromatic rings. The first-order chi connectivity index (χ1) is 1.91. The van der Waals surface area contributed by atoms with Gasteiger partial charge in [-0.25, -0.2) is 0 Å². The second-order valence-electron chi connectivity index (χ2n) is 0.471. The summed E-state index contributed by atoms with van der Waals surface area (Å²) in [6, 6.07) is 0. The van der Waals surface area contributed by atoms with Crippen LogP contribution in [0.5, 0.6) is 0 Å². The van der Waals surface area contributed by atoms with E-state index < -0.39 is 0 Å². The molecule has 0 aromatic carbocycles. The van der Waals surface area contributed by atoms with Crippen molar-refractivity contribution in [2.24, 2.45) is 0 Å². The smallest absolute Gasteiger partial charge is 0.328 e. The largest absolute Gasteiger partial charge is 0.382 e. The lowest BCUT2D eigenvalue weighted by Crippen LogP contribution is -1.28. The van der Waals surface area contributed by atoms with Crippen LogP contribution < -0.4 is 0 Å². The summed E-state index contributed by atoms with van der Waals surface area (Å²) in [5.74, 6) is 0. The second-order valence-corrected chi connectivity index (χ2v) is 0.471. The average Bonchev–Trinajstić information content (AvgIpc) is 1.37. The summed E-state index contributed by atoms with van der Waals surface area (Å²) in [5.41, 5.74) is 0. The molecule has 0 amide bonds. The molecule has 0 nitrogen and oxygen atoms in total. The Morgan fingerprint density at radius 1 is 1.00 bits per heavy atom. The maximum atomic E-state index is 3.36. The van der Waals surface area contributed by atoms with Gasteiger partial charge in [0.15, 0.2) is 0 Å². The highest BCUT2D eigenvalue weighted by Gasteiger charge is 1.05. The fraction of sp³-hybridized carbons (Fsp3) is 0. The van der Waals surface area contributed by atoms with E-state index in [9.17, 15) is 0 Å². The Morgan fingerprint density at radius 3 is 1.25 bits per heavy atom. The topological polar surface area (TPSA) is 0 Å². The van der Waals surface area contributed by atoms with Crippen LogP contribution in [0.3, 0.4) is 0 Å². The van der Waals surface area contributed by atoms with Crippen LogP contribution in [-0.2, 0) is 0 Å². The molecule has 0 N–H and O–H groups in total. The van der Waals surface area contributed by atoms with E-state index >= 15 is 0 Å². The first-order valence-corrected chi connectivity index (χ1v) is 1.15. The standard InChI is InChI=1S/C4H6/c1-3-4-2/h3-4H,1-2H2/q-2. The van der Waals surface area contributed by atoms with E-state index in [1.807, 2.05) is 0 Å². The Bertz CT molecular complexity index is 15.2. The third-order valence-corrected chi connectivity index (χ3v) is 0.167. The van der Waals surface area contributed by atoms with E-state index in [1.165, 1.54) is 0 Å². The molecule has 0 aliphatic carbocycles. The molecule has 24 valence electrons. The molecule has 0 spiro atoms. The van der Waals surface area contributed by atoms with Crippen molar-refractivity contribution in [1.29, 1.82) is 0 Å². The summed E-state index contributed by atoms with van der Waals surface area (Å²) in [6.45, 7) is 6.72. The van der Waals surface area contributed by atoms with Crippen LogP contribution in [0, 0.1) is 13.8 Å². The van der Waals surface area contributed by atoms with Crippen molar-refractivity contribution in [2.75, 3.05) is 0 Å². The zero-order valence-corrected chi connectivity index (χ0v) is 2.57. The molecule has 0 rings (SSSR count). The van der Waals surface area contributed by atoms with E-state index in [0.29, 0.717) is 0 Å². The quantitative estimate of drug-likeness (QED) is 0.365. The van der Waals surface area contributed by atoms with Gasteiger partial charge < -0.3 is 26.0 Å². The van der Waals surface area contributed by atoms with Crippen LogP contribution in [0.15, 0.2) is 12.2 Å². The first-order valence-electron chi connectivity index (χ1n) is 1.15. The summed E-state index contributed by atoms with van der Waals surface area (Å²) < 4.78 is 0. The number of allylic oxidation sites excluding steroid dienone is 2. The van der Waals surface area contributed by atoms with Crippen molar-refractivity contribution in [3.63, 3.8) is 0 Å². The van der Waals surface area contributed by atoms with Gasteiger partial charge in [-0.15, -0.1) is 0 Å². The minimum Gasteiger partial charge on any atom is -0.382 e. The van der Waals surface area contributed by atoms with Gasteiger partial charge in [-0.3, -0.25) is 0 Å². The molecule has 0 aliphatic heterocycles. The molecule has 0 fully saturated rings. The van der Waals surface area contributed by atoms with Gasteiger partial charge in [0.25, 0.3) is 0 Å². The van der Waals surface area contributed by atoms with Crippen molar-refractivity contribution in [2.45, 2.75) is 0 Å². The minimum atomic E-state index is 1.64. The fourth-order valence-corrected chi connectivity index (χ4v) is 0. The molecule has 0 radical (unpaired) electrons. The lowest BCUT2D eigenvalue weighted by Gasteiger charge is -1.78. The van der Waals surface area contributed by atoms with Gasteiger partial charge in [0.2, 0.25) is 0 Å². The van der Waals surface area contributed by atoms with Gasteiger partial charge in [0, 0.05) is 0 Å². The van der Waals surface area contributed by atoms with Crippen LogP contribution in [-0.4, -0.2) is 0 Å². The van der Waals surface area contributed by atoms with E-state index in [2.05, 4.69) is 13.8 Å². The molecule has 0 aromatic heterocycles. The zero-order valence-electron chi connectivity index (χ0n) is 2.57. The summed E-state index contributed by atoms with van der Waals surface area (Å²) in [7, 11) is 0. The Morgan fingerprint density at radius 2 is 1.25 bits per heavy atom. The van der Waals surface area contributed by atoms with Crippen LogP contribution >= 0.6 is 0 Å². The highest BCUT2D eigenvalue weighted by atomic mass is 13.4.